The minimum Gasteiger partial charge on any atom is -0.497 e. The first-order chi connectivity index (χ1) is 14.6. The predicted molar refractivity (Wildman–Crippen MR) is 115 cm³/mol. The van der Waals surface area contributed by atoms with Crippen LogP contribution in [-0.2, 0) is 4.74 Å². The van der Waals surface area contributed by atoms with Crippen molar-refractivity contribution in [1.82, 2.24) is 15.0 Å². The molecule has 0 saturated carbocycles. The molecule has 30 heavy (non-hydrogen) atoms. The molecule has 1 amide bonds. The molecule has 4 rings (SSSR count). The van der Waals surface area contributed by atoms with Gasteiger partial charge in [0, 0.05) is 28.1 Å². The summed E-state index contributed by atoms with van der Waals surface area (Å²) >= 11 is 2.67. The van der Waals surface area contributed by atoms with Crippen molar-refractivity contribution in [2.24, 2.45) is 0 Å². The van der Waals surface area contributed by atoms with E-state index in [4.69, 9.17) is 4.74 Å². The second kappa shape index (κ2) is 8.47. The molecule has 8 nitrogen and oxygen atoms in total. The largest absolute Gasteiger partial charge is 0.497 e. The number of nitrogens with one attached hydrogen (secondary N) is 2. The maximum atomic E-state index is 12.5. The van der Waals surface area contributed by atoms with Gasteiger partial charge in [0.05, 0.1) is 19.9 Å². The van der Waals surface area contributed by atoms with Crippen molar-refractivity contribution >= 4 is 39.7 Å². The number of hydrogen-bond acceptors (Lipinski definition) is 8. The number of hydrogen-bond donors (Lipinski definition) is 2. The summed E-state index contributed by atoms with van der Waals surface area (Å²) in [5.74, 6) is -0.0357. The molecular weight excluding hydrogens is 424 g/mol. The van der Waals surface area contributed by atoms with Gasteiger partial charge in [-0.05, 0) is 30.3 Å². The van der Waals surface area contributed by atoms with Gasteiger partial charge in [0.25, 0.3) is 5.91 Å². The lowest BCUT2D eigenvalue weighted by Gasteiger charge is -2.00. The number of H-pyrrole nitrogens is 1. The number of esters is 1. The zero-order valence-corrected chi connectivity index (χ0v) is 17.6. The van der Waals surface area contributed by atoms with Gasteiger partial charge >= 0.3 is 5.97 Å². The first-order valence-electron chi connectivity index (χ1n) is 8.71. The Labute approximate surface area is 179 Å². The van der Waals surface area contributed by atoms with Gasteiger partial charge in [-0.25, -0.2) is 14.8 Å². The minimum absolute atomic E-state index is 0.317. The first-order valence-corrected chi connectivity index (χ1v) is 10.5. The molecule has 0 aliphatic rings. The van der Waals surface area contributed by atoms with E-state index in [0.717, 1.165) is 21.9 Å². The zero-order chi connectivity index (χ0) is 21.1. The quantitative estimate of drug-likeness (QED) is 0.433. The number of aromatic nitrogens is 3. The highest BCUT2D eigenvalue weighted by atomic mass is 32.1. The summed E-state index contributed by atoms with van der Waals surface area (Å²) in [7, 11) is 2.93. The third-order valence-electron chi connectivity index (χ3n) is 4.18. The van der Waals surface area contributed by atoms with E-state index in [1.54, 1.807) is 30.1 Å². The van der Waals surface area contributed by atoms with Crippen LogP contribution in [0.5, 0.6) is 5.75 Å². The highest BCUT2D eigenvalue weighted by Gasteiger charge is 2.16. The summed E-state index contributed by atoms with van der Waals surface area (Å²) in [6, 6.07) is 9.13. The zero-order valence-electron chi connectivity index (χ0n) is 16.0. The summed E-state index contributed by atoms with van der Waals surface area (Å²) < 4.78 is 9.84. The molecule has 0 atom stereocenters. The maximum absolute atomic E-state index is 12.5. The Morgan fingerprint density at radius 1 is 1.03 bits per heavy atom. The van der Waals surface area contributed by atoms with Crippen LogP contribution in [0.1, 0.15) is 21.0 Å². The van der Waals surface area contributed by atoms with Crippen molar-refractivity contribution in [3.05, 3.63) is 58.7 Å². The molecule has 0 spiro atoms. The number of amides is 1. The number of carbonyl (C=O) groups excluding carboxylic acids is 2. The fourth-order valence-electron chi connectivity index (χ4n) is 2.64. The number of ether oxygens (including phenoxy) is 2. The number of methoxy groups -OCH3 is 2. The van der Waals surface area contributed by atoms with Crippen molar-refractivity contribution in [2.75, 3.05) is 19.5 Å². The Hall–Kier alpha value is -3.50. The fourth-order valence-corrected chi connectivity index (χ4v) is 4.16. The summed E-state index contributed by atoms with van der Waals surface area (Å²) in [6.07, 6.45) is 1.66. The highest BCUT2D eigenvalue weighted by molar-refractivity contribution is 7.14. The third-order valence-corrected chi connectivity index (χ3v) is 5.83. The van der Waals surface area contributed by atoms with Gasteiger partial charge in [-0.2, -0.15) is 0 Å². The molecule has 0 unspecified atom stereocenters. The van der Waals surface area contributed by atoms with E-state index in [9.17, 15) is 9.59 Å². The van der Waals surface area contributed by atoms with Gasteiger partial charge in [-0.1, -0.05) is 0 Å². The van der Waals surface area contributed by atoms with Crippen LogP contribution in [0.15, 0.2) is 47.3 Å². The van der Waals surface area contributed by atoms with Gasteiger partial charge in [-0.3, -0.25) is 10.1 Å². The van der Waals surface area contributed by atoms with E-state index < -0.39 is 5.97 Å². The van der Waals surface area contributed by atoms with Gasteiger partial charge < -0.3 is 14.5 Å². The number of aromatic amines is 1. The second-order valence-electron chi connectivity index (χ2n) is 6.05. The molecule has 0 radical (unpaired) electrons. The monoisotopic (exact) mass is 440 g/mol. The molecule has 0 aliphatic carbocycles. The highest BCUT2D eigenvalue weighted by Crippen LogP contribution is 2.28. The Bertz CT molecular complexity index is 1190. The molecule has 1 aromatic carbocycles. The second-order valence-corrected chi connectivity index (χ2v) is 7.77. The van der Waals surface area contributed by atoms with Crippen LogP contribution in [0.3, 0.4) is 0 Å². The lowest BCUT2D eigenvalue weighted by atomic mass is 10.2. The van der Waals surface area contributed by atoms with Gasteiger partial charge in [-0.15, -0.1) is 22.7 Å². The van der Waals surface area contributed by atoms with Crippen molar-refractivity contribution in [3.8, 4) is 27.6 Å². The van der Waals surface area contributed by atoms with Crippen LogP contribution < -0.4 is 10.1 Å². The van der Waals surface area contributed by atoms with Gasteiger partial charge in [0.15, 0.2) is 5.13 Å². The Morgan fingerprint density at radius 3 is 2.57 bits per heavy atom. The van der Waals surface area contributed by atoms with E-state index >= 15 is 0 Å². The molecule has 0 saturated heterocycles. The lowest BCUT2D eigenvalue weighted by Crippen LogP contribution is -2.12. The summed E-state index contributed by atoms with van der Waals surface area (Å²) in [6.45, 7) is 0. The normalized spacial score (nSPS) is 10.6. The summed E-state index contributed by atoms with van der Waals surface area (Å²) in [5, 5.41) is 7.45. The molecule has 152 valence electrons. The standard InChI is InChI=1S/C20H16N4O4S2/c1-27-13-5-3-11(4-6-13)18-22-16(10-29-18)17(25)24-20-23-15(9-30-20)12-7-14(21-8-12)19(26)28-2/h3-10,21H,1-2H3,(H,23,24,25). The van der Waals surface area contributed by atoms with E-state index in [-0.39, 0.29) is 5.91 Å². The van der Waals surface area contributed by atoms with Crippen LogP contribution in [-0.4, -0.2) is 41.0 Å². The van der Waals surface area contributed by atoms with E-state index in [2.05, 4.69) is 25.0 Å². The Morgan fingerprint density at radius 2 is 1.83 bits per heavy atom. The smallest absolute Gasteiger partial charge is 0.354 e. The number of benzene rings is 1. The van der Waals surface area contributed by atoms with Gasteiger partial charge in [0.2, 0.25) is 0 Å². The number of anilines is 1. The summed E-state index contributed by atoms with van der Waals surface area (Å²) in [4.78, 5) is 35.8. The minimum atomic E-state index is -0.457. The van der Waals surface area contributed by atoms with Crippen LogP contribution in [0.2, 0.25) is 0 Å². The molecule has 10 heteroatoms. The molecular formula is C20H16N4O4S2. The summed E-state index contributed by atoms with van der Waals surface area (Å²) in [5.41, 5.74) is 2.92. The number of thiazole rings is 2. The third kappa shape index (κ3) is 4.09. The lowest BCUT2D eigenvalue weighted by molar-refractivity contribution is 0.0594. The van der Waals surface area contributed by atoms with Crippen molar-refractivity contribution < 1.29 is 19.1 Å². The van der Waals surface area contributed by atoms with Crippen molar-refractivity contribution in [1.29, 1.82) is 0 Å². The molecule has 3 heterocycles. The molecule has 3 aromatic heterocycles. The van der Waals surface area contributed by atoms with Crippen molar-refractivity contribution in [2.45, 2.75) is 0 Å². The topological polar surface area (TPSA) is 106 Å². The van der Waals surface area contributed by atoms with Crippen LogP contribution in [0.25, 0.3) is 21.8 Å². The molecule has 0 bridgehead atoms. The van der Waals surface area contributed by atoms with Crippen molar-refractivity contribution in [3.63, 3.8) is 0 Å². The molecule has 0 fully saturated rings. The number of carbonyl (C=O) groups is 2. The van der Waals surface area contributed by atoms with Crippen LogP contribution in [0.4, 0.5) is 5.13 Å². The van der Waals surface area contributed by atoms with Crippen LogP contribution in [0, 0.1) is 0 Å². The van der Waals surface area contributed by atoms with E-state index in [1.807, 2.05) is 24.3 Å². The molecule has 4 aromatic rings. The Kier molecular flexibility index (Phi) is 5.59. The van der Waals surface area contributed by atoms with E-state index in [0.29, 0.717) is 22.2 Å². The average Bonchev–Trinajstić information content (AvgIpc) is 3.53. The fraction of sp³-hybridized carbons (Fsp3) is 0.100. The van der Waals surface area contributed by atoms with Crippen LogP contribution >= 0.6 is 22.7 Å². The molecule has 2 N–H and O–H groups in total. The average molecular weight is 441 g/mol. The maximum Gasteiger partial charge on any atom is 0.354 e. The molecule has 0 aliphatic heterocycles. The Balaban J connectivity index is 1.45. The number of rotatable bonds is 6. The van der Waals surface area contributed by atoms with E-state index in [1.165, 1.54) is 29.8 Å². The van der Waals surface area contributed by atoms with Gasteiger partial charge in [0.1, 0.15) is 22.1 Å². The number of nitrogens with zero attached hydrogens (tertiary/aromatic N) is 2. The SMILES string of the molecule is COC(=O)c1cc(-c2csc(NC(=O)c3csc(-c4ccc(OC)cc4)n3)n2)c[nH]1. The predicted octanol–water partition coefficient (Wildman–Crippen LogP) is 4.31. The first kappa shape index (κ1) is 19.8.